The fourth-order valence-corrected chi connectivity index (χ4v) is 3.39. The molecular weight excluding hydrogens is 364 g/mol. The van der Waals surface area contributed by atoms with Gasteiger partial charge in [-0.3, -0.25) is 4.57 Å². The van der Waals surface area contributed by atoms with Crippen LogP contribution in [0.15, 0.2) is 53.4 Å². The molecule has 0 saturated carbocycles. The minimum atomic E-state index is 0. The van der Waals surface area contributed by atoms with E-state index in [0.717, 1.165) is 48.3 Å². The Bertz CT molecular complexity index is 1040. The highest BCUT2D eigenvalue weighted by Gasteiger charge is 2.19. The van der Waals surface area contributed by atoms with Crippen molar-refractivity contribution < 1.29 is 4.52 Å². The summed E-state index contributed by atoms with van der Waals surface area (Å²) in [5, 5.41) is 7.46. The predicted molar refractivity (Wildman–Crippen MR) is 104 cm³/mol. The number of para-hydroxylation sites is 2. The second kappa shape index (κ2) is 7.46. The van der Waals surface area contributed by atoms with Gasteiger partial charge in [0.1, 0.15) is 12.1 Å². The van der Waals surface area contributed by atoms with Crippen LogP contribution in [0.2, 0.25) is 0 Å². The van der Waals surface area contributed by atoms with Crippen molar-refractivity contribution in [2.75, 3.05) is 13.1 Å². The molecule has 138 valence electrons. The molecule has 27 heavy (non-hydrogen) atoms. The average molecular weight is 383 g/mol. The first-order valence-corrected chi connectivity index (χ1v) is 8.79. The highest BCUT2D eigenvalue weighted by molar-refractivity contribution is 5.85. The lowest BCUT2D eigenvalue weighted by molar-refractivity contribution is 0.358. The Morgan fingerprint density at radius 2 is 2.07 bits per heavy atom. The summed E-state index contributed by atoms with van der Waals surface area (Å²) in [7, 11) is 0. The zero-order valence-corrected chi connectivity index (χ0v) is 15.4. The number of halogens is 1. The maximum atomic E-state index is 5.41. The van der Waals surface area contributed by atoms with E-state index >= 15 is 0 Å². The minimum absolute atomic E-state index is 0. The van der Waals surface area contributed by atoms with E-state index in [0.29, 0.717) is 17.6 Å². The maximum Gasteiger partial charge on any atom is 0.227 e. The highest BCUT2D eigenvalue weighted by atomic mass is 35.5. The van der Waals surface area contributed by atoms with Gasteiger partial charge in [0.05, 0.1) is 11.0 Å². The summed E-state index contributed by atoms with van der Waals surface area (Å²) in [6.45, 7) is 2.09. The van der Waals surface area contributed by atoms with Crippen molar-refractivity contribution in [1.82, 2.24) is 30.0 Å². The fourth-order valence-electron chi connectivity index (χ4n) is 3.39. The molecule has 5 rings (SSSR count). The molecule has 0 bridgehead atoms. The summed E-state index contributed by atoms with van der Waals surface area (Å²) in [6, 6.07) is 11.9. The van der Waals surface area contributed by atoms with E-state index in [1.54, 1.807) is 12.5 Å². The number of aromatic nitrogens is 5. The lowest BCUT2D eigenvalue weighted by Gasteiger charge is -2.03. The van der Waals surface area contributed by atoms with E-state index in [1.165, 1.54) is 0 Å². The second-order valence-electron chi connectivity index (χ2n) is 6.58. The Labute approximate surface area is 162 Å². The molecule has 0 spiro atoms. The van der Waals surface area contributed by atoms with Crippen molar-refractivity contribution in [3.8, 4) is 17.2 Å². The van der Waals surface area contributed by atoms with Gasteiger partial charge in [0, 0.05) is 18.2 Å². The van der Waals surface area contributed by atoms with Crippen molar-refractivity contribution in [2.45, 2.75) is 12.8 Å². The number of imidazole rings is 1. The number of nitrogens with zero attached hydrogens (tertiary/aromatic N) is 5. The first-order chi connectivity index (χ1) is 12.9. The molecule has 0 radical (unpaired) electrons. The van der Waals surface area contributed by atoms with Gasteiger partial charge in [0.15, 0.2) is 0 Å². The van der Waals surface area contributed by atoms with Gasteiger partial charge >= 0.3 is 0 Å². The summed E-state index contributed by atoms with van der Waals surface area (Å²) < 4.78 is 7.38. The summed E-state index contributed by atoms with van der Waals surface area (Å²) in [5.74, 6) is 2.67. The third-order valence-electron chi connectivity index (χ3n) is 4.80. The molecule has 8 heteroatoms. The summed E-state index contributed by atoms with van der Waals surface area (Å²) in [5.41, 5.74) is 2.82. The van der Waals surface area contributed by atoms with Gasteiger partial charge in [-0.05, 0) is 49.7 Å². The van der Waals surface area contributed by atoms with Gasteiger partial charge in [0.25, 0.3) is 0 Å². The maximum absolute atomic E-state index is 5.41. The standard InChI is InChI=1S/C19H18N6O.ClH/c1-2-4-16-15(3-1)22-12-25(16)17-6-5-14(11-21-17)19-23-18(26-24-19)9-13-7-8-20-10-13;/h1-6,11-13,20H,7-10H2;1H. The van der Waals surface area contributed by atoms with Crippen LogP contribution in [-0.2, 0) is 6.42 Å². The molecule has 1 saturated heterocycles. The van der Waals surface area contributed by atoms with Gasteiger partial charge < -0.3 is 9.84 Å². The van der Waals surface area contributed by atoms with Gasteiger partial charge in [-0.15, -0.1) is 12.4 Å². The van der Waals surface area contributed by atoms with Crippen LogP contribution in [0, 0.1) is 5.92 Å². The number of fused-ring (bicyclic) bond motifs is 1. The number of hydrogen-bond acceptors (Lipinski definition) is 6. The number of pyridine rings is 1. The SMILES string of the molecule is Cl.c1ccc2c(c1)ncn2-c1ccc(-c2noc(CC3CCNC3)n2)cn1. The molecular formula is C19H19ClN6O. The van der Waals surface area contributed by atoms with E-state index in [9.17, 15) is 0 Å². The van der Waals surface area contributed by atoms with Gasteiger partial charge in [0.2, 0.25) is 11.7 Å². The fraction of sp³-hybridized carbons (Fsp3) is 0.263. The zero-order chi connectivity index (χ0) is 17.3. The Kier molecular flexibility index (Phi) is 4.87. The minimum Gasteiger partial charge on any atom is -0.339 e. The van der Waals surface area contributed by atoms with E-state index in [1.807, 2.05) is 41.0 Å². The van der Waals surface area contributed by atoms with Crippen LogP contribution in [0.5, 0.6) is 0 Å². The largest absolute Gasteiger partial charge is 0.339 e. The molecule has 1 fully saturated rings. The van der Waals surface area contributed by atoms with Crippen molar-refractivity contribution in [3.05, 3.63) is 54.8 Å². The monoisotopic (exact) mass is 382 g/mol. The molecule has 1 aliphatic rings. The van der Waals surface area contributed by atoms with Crippen molar-refractivity contribution >= 4 is 23.4 Å². The highest BCUT2D eigenvalue weighted by Crippen LogP contribution is 2.21. The average Bonchev–Trinajstić information content (AvgIpc) is 3.43. The Balaban J connectivity index is 0.00000180. The van der Waals surface area contributed by atoms with Crippen LogP contribution in [0.4, 0.5) is 0 Å². The lowest BCUT2D eigenvalue weighted by Crippen LogP contribution is -2.10. The predicted octanol–water partition coefficient (Wildman–Crippen LogP) is 3.04. The second-order valence-corrected chi connectivity index (χ2v) is 6.58. The number of hydrogen-bond donors (Lipinski definition) is 1. The third-order valence-corrected chi connectivity index (χ3v) is 4.80. The van der Waals surface area contributed by atoms with Crippen LogP contribution in [0.1, 0.15) is 12.3 Å². The molecule has 1 atom stereocenters. The van der Waals surface area contributed by atoms with E-state index < -0.39 is 0 Å². The van der Waals surface area contributed by atoms with Crippen LogP contribution < -0.4 is 5.32 Å². The Morgan fingerprint density at radius 1 is 1.15 bits per heavy atom. The topological polar surface area (TPSA) is 81.7 Å². The Morgan fingerprint density at radius 3 is 2.89 bits per heavy atom. The molecule has 1 aliphatic heterocycles. The molecule has 1 aromatic carbocycles. The van der Waals surface area contributed by atoms with Crippen molar-refractivity contribution in [3.63, 3.8) is 0 Å². The van der Waals surface area contributed by atoms with Gasteiger partial charge in [-0.25, -0.2) is 9.97 Å². The molecule has 4 aromatic rings. The van der Waals surface area contributed by atoms with Crippen LogP contribution in [-0.4, -0.2) is 37.8 Å². The molecule has 7 nitrogen and oxygen atoms in total. The molecule has 3 aromatic heterocycles. The molecule has 1 N–H and O–H groups in total. The van der Waals surface area contributed by atoms with E-state index in [4.69, 9.17) is 4.52 Å². The smallest absolute Gasteiger partial charge is 0.227 e. The van der Waals surface area contributed by atoms with E-state index in [-0.39, 0.29) is 12.4 Å². The quantitative estimate of drug-likeness (QED) is 0.584. The zero-order valence-electron chi connectivity index (χ0n) is 14.6. The summed E-state index contributed by atoms with van der Waals surface area (Å²) in [4.78, 5) is 13.5. The number of rotatable bonds is 4. The van der Waals surface area contributed by atoms with Gasteiger partial charge in [-0.2, -0.15) is 4.98 Å². The molecule has 1 unspecified atom stereocenters. The molecule has 4 heterocycles. The van der Waals surface area contributed by atoms with Crippen LogP contribution >= 0.6 is 12.4 Å². The van der Waals surface area contributed by atoms with Gasteiger partial charge in [-0.1, -0.05) is 17.3 Å². The molecule has 0 amide bonds. The number of nitrogens with one attached hydrogen (secondary N) is 1. The molecule has 0 aliphatic carbocycles. The summed E-state index contributed by atoms with van der Waals surface area (Å²) >= 11 is 0. The van der Waals surface area contributed by atoms with Crippen LogP contribution in [0.3, 0.4) is 0 Å². The van der Waals surface area contributed by atoms with Crippen molar-refractivity contribution in [1.29, 1.82) is 0 Å². The van der Waals surface area contributed by atoms with E-state index in [2.05, 4.69) is 25.4 Å². The lowest BCUT2D eigenvalue weighted by atomic mass is 10.1. The first kappa shape index (κ1) is 17.6. The van der Waals surface area contributed by atoms with Crippen LogP contribution in [0.25, 0.3) is 28.2 Å². The Hall–Kier alpha value is -2.77. The number of benzene rings is 1. The first-order valence-electron chi connectivity index (χ1n) is 8.79. The summed E-state index contributed by atoms with van der Waals surface area (Å²) in [6.07, 6.45) is 5.55. The van der Waals surface area contributed by atoms with Crippen molar-refractivity contribution in [2.24, 2.45) is 5.92 Å². The third kappa shape index (κ3) is 3.43. The normalized spacial score (nSPS) is 16.5.